The van der Waals surface area contributed by atoms with Crippen molar-refractivity contribution in [3.63, 3.8) is 0 Å². The van der Waals surface area contributed by atoms with Gasteiger partial charge in [-0.25, -0.2) is 4.79 Å². The zero-order valence-corrected chi connectivity index (χ0v) is 11.7. The van der Waals surface area contributed by atoms with Gasteiger partial charge in [-0.2, -0.15) is 0 Å². The molecule has 7 heteroatoms. The van der Waals surface area contributed by atoms with Crippen LogP contribution < -0.4 is 5.32 Å². The number of nitrogens with one attached hydrogen (secondary N) is 1. The molecule has 2 rings (SSSR count). The molecule has 1 N–H and O–H groups in total. The van der Waals surface area contributed by atoms with Crippen LogP contribution in [0.2, 0.25) is 0 Å². The van der Waals surface area contributed by atoms with Gasteiger partial charge in [0.1, 0.15) is 0 Å². The van der Waals surface area contributed by atoms with E-state index in [-0.39, 0.29) is 5.91 Å². The number of carbonyl (C=O) groups excluding carboxylic acids is 2. The van der Waals surface area contributed by atoms with Crippen LogP contribution in [0.15, 0.2) is 35.1 Å². The van der Waals surface area contributed by atoms with E-state index in [4.69, 9.17) is 9.15 Å². The molecule has 7 nitrogen and oxygen atoms in total. The number of ether oxygens (including phenoxy) is 1. The minimum Gasteiger partial charge on any atom is -0.449 e. The van der Waals surface area contributed by atoms with Crippen molar-refractivity contribution < 1.29 is 18.7 Å². The minimum absolute atomic E-state index is 0.326. The molecule has 2 aromatic rings. The monoisotopic (exact) mass is 289 g/mol. The SMILES string of the molecule is CCNC(=O)[C@H](C)OC(=O)c1ccc(-c2nnco2)cc1. The van der Waals surface area contributed by atoms with Crippen molar-refractivity contribution in [3.05, 3.63) is 36.2 Å². The molecule has 1 amide bonds. The van der Waals surface area contributed by atoms with Gasteiger partial charge in [0.15, 0.2) is 6.10 Å². The van der Waals surface area contributed by atoms with Crippen molar-refractivity contribution in [3.8, 4) is 11.5 Å². The molecule has 0 aliphatic carbocycles. The van der Waals surface area contributed by atoms with Gasteiger partial charge in [0, 0.05) is 12.1 Å². The molecule has 0 radical (unpaired) electrons. The minimum atomic E-state index is -0.840. The molecule has 0 aliphatic heterocycles. The third-order valence-electron chi connectivity index (χ3n) is 2.73. The number of hydrogen-bond acceptors (Lipinski definition) is 6. The Hall–Kier alpha value is -2.70. The zero-order valence-electron chi connectivity index (χ0n) is 11.7. The standard InChI is InChI=1S/C14H15N3O4/c1-3-15-12(18)9(2)21-14(19)11-6-4-10(5-7-11)13-17-16-8-20-13/h4-9H,3H2,1-2H3,(H,15,18)/t9-/m0/s1. The highest BCUT2D eigenvalue weighted by molar-refractivity contribution is 5.92. The maximum Gasteiger partial charge on any atom is 0.338 e. The van der Waals surface area contributed by atoms with Gasteiger partial charge in [-0.15, -0.1) is 10.2 Å². The number of rotatable bonds is 5. The van der Waals surface area contributed by atoms with Gasteiger partial charge >= 0.3 is 5.97 Å². The van der Waals surface area contributed by atoms with E-state index in [1.165, 1.54) is 13.3 Å². The predicted molar refractivity (Wildman–Crippen MR) is 73.3 cm³/mol. The molecule has 21 heavy (non-hydrogen) atoms. The van der Waals surface area contributed by atoms with Gasteiger partial charge in [-0.05, 0) is 38.1 Å². The molecule has 110 valence electrons. The van der Waals surface area contributed by atoms with Gasteiger partial charge in [-0.3, -0.25) is 4.79 Å². The lowest BCUT2D eigenvalue weighted by Gasteiger charge is -2.12. The summed E-state index contributed by atoms with van der Waals surface area (Å²) >= 11 is 0. The van der Waals surface area contributed by atoms with Gasteiger partial charge in [-0.1, -0.05) is 0 Å². The number of carbonyl (C=O) groups is 2. The van der Waals surface area contributed by atoms with Crippen molar-refractivity contribution >= 4 is 11.9 Å². The van der Waals surface area contributed by atoms with Crippen LogP contribution in [-0.2, 0) is 9.53 Å². The van der Waals surface area contributed by atoms with E-state index in [9.17, 15) is 9.59 Å². The number of hydrogen-bond donors (Lipinski definition) is 1. The van der Waals surface area contributed by atoms with Crippen LogP contribution in [0.25, 0.3) is 11.5 Å². The van der Waals surface area contributed by atoms with Crippen LogP contribution >= 0.6 is 0 Å². The Bertz CT molecular complexity index is 608. The first-order chi connectivity index (χ1) is 10.1. The summed E-state index contributed by atoms with van der Waals surface area (Å²) < 4.78 is 10.1. The van der Waals surface area contributed by atoms with Crippen LogP contribution in [-0.4, -0.2) is 34.7 Å². The van der Waals surface area contributed by atoms with Crippen molar-refractivity contribution in [2.24, 2.45) is 0 Å². The Balaban J connectivity index is 2.02. The number of aromatic nitrogens is 2. The first-order valence-electron chi connectivity index (χ1n) is 6.47. The second kappa shape index (κ2) is 6.65. The summed E-state index contributed by atoms with van der Waals surface area (Å²) in [6, 6.07) is 6.49. The molecule has 1 heterocycles. The quantitative estimate of drug-likeness (QED) is 0.836. The Morgan fingerprint density at radius 2 is 2.05 bits per heavy atom. The Labute approximate surface area is 121 Å². The molecule has 0 fully saturated rings. The fourth-order valence-electron chi connectivity index (χ4n) is 1.65. The molecule has 1 aromatic carbocycles. The second-order valence-electron chi connectivity index (χ2n) is 4.26. The van der Waals surface area contributed by atoms with Crippen molar-refractivity contribution in [1.29, 1.82) is 0 Å². The molecule has 0 saturated carbocycles. The van der Waals surface area contributed by atoms with Crippen LogP contribution in [0.5, 0.6) is 0 Å². The normalized spacial score (nSPS) is 11.7. The van der Waals surface area contributed by atoms with Gasteiger partial charge in [0.05, 0.1) is 5.56 Å². The fraction of sp³-hybridized carbons (Fsp3) is 0.286. The molecule has 1 aromatic heterocycles. The molecule has 1 atom stereocenters. The van der Waals surface area contributed by atoms with E-state index in [0.29, 0.717) is 23.6 Å². The molecular formula is C14H15N3O4. The molecule has 0 saturated heterocycles. The lowest BCUT2D eigenvalue weighted by Crippen LogP contribution is -2.35. The van der Waals surface area contributed by atoms with Crippen molar-refractivity contribution in [1.82, 2.24) is 15.5 Å². The maximum absolute atomic E-state index is 11.9. The average Bonchev–Trinajstić information content (AvgIpc) is 3.01. The number of nitrogens with zero attached hydrogens (tertiary/aromatic N) is 2. The molecule has 0 unspecified atom stereocenters. The molecule has 0 aliphatic rings. The molecule has 0 spiro atoms. The fourth-order valence-corrected chi connectivity index (χ4v) is 1.65. The van der Waals surface area contributed by atoms with E-state index in [0.717, 1.165) is 0 Å². The highest BCUT2D eigenvalue weighted by Crippen LogP contribution is 2.17. The van der Waals surface area contributed by atoms with E-state index in [1.807, 2.05) is 0 Å². The first kappa shape index (κ1) is 14.7. The van der Waals surface area contributed by atoms with E-state index < -0.39 is 12.1 Å². The maximum atomic E-state index is 11.9. The molecule has 0 bridgehead atoms. The third-order valence-corrected chi connectivity index (χ3v) is 2.73. The summed E-state index contributed by atoms with van der Waals surface area (Å²) in [7, 11) is 0. The number of likely N-dealkylation sites (N-methyl/N-ethyl adjacent to an activating group) is 1. The third kappa shape index (κ3) is 3.65. The summed E-state index contributed by atoms with van der Waals surface area (Å²) in [5.74, 6) is -0.523. The highest BCUT2D eigenvalue weighted by atomic mass is 16.5. The number of amides is 1. The van der Waals surface area contributed by atoms with Crippen molar-refractivity contribution in [2.75, 3.05) is 6.54 Å². The topological polar surface area (TPSA) is 94.3 Å². The van der Waals surface area contributed by atoms with E-state index in [2.05, 4.69) is 15.5 Å². The smallest absolute Gasteiger partial charge is 0.338 e. The second-order valence-corrected chi connectivity index (χ2v) is 4.26. The predicted octanol–water partition coefficient (Wildman–Crippen LogP) is 1.42. The van der Waals surface area contributed by atoms with Gasteiger partial charge < -0.3 is 14.5 Å². The van der Waals surface area contributed by atoms with Crippen LogP contribution in [0.1, 0.15) is 24.2 Å². The highest BCUT2D eigenvalue weighted by Gasteiger charge is 2.18. The summed E-state index contributed by atoms with van der Waals surface area (Å²) in [5.41, 5.74) is 1.04. The van der Waals surface area contributed by atoms with E-state index in [1.54, 1.807) is 31.2 Å². The molecular weight excluding hydrogens is 274 g/mol. The summed E-state index contributed by atoms with van der Waals surface area (Å²) in [6.07, 6.45) is 0.388. The largest absolute Gasteiger partial charge is 0.449 e. The Morgan fingerprint density at radius 1 is 1.33 bits per heavy atom. The Kier molecular flexibility index (Phi) is 4.65. The summed E-state index contributed by atoms with van der Waals surface area (Å²) in [5, 5.41) is 9.93. The summed E-state index contributed by atoms with van der Waals surface area (Å²) in [4.78, 5) is 23.4. The zero-order chi connectivity index (χ0) is 15.2. The van der Waals surface area contributed by atoms with E-state index >= 15 is 0 Å². The first-order valence-corrected chi connectivity index (χ1v) is 6.47. The lowest BCUT2D eigenvalue weighted by atomic mass is 10.1. The summed E-state index contributed by atoms with van der Waals surface area (Å²) in [6.45, 7) is 3.80. The van der Waals surface area contributed by atoms with Gasteiger partial charge in [0.25, 0.3) is 5.91 Å². The Morgan fingerprint density at radius 3 is 2.62 bits per heavy atom. The van der Waals surface area contributed by atoms with Crippen LogP contribution in [0.3, 0.4) is 0 Å². The lowest BCUT2D eigenvalue weighted by molar-refractivity contribution is -0.128. The van der Waals surface area contributed by atoms with Gasteiger partial charge in [0.2, 0.25) is 12.3 Å². The number of benzene rings is 1. The number of esters is 1. The average molecular weight is 289 g/mol. The van der Waals surface area contributed by atoms with Crippen LogP contribution in [0, 0.1) is 0 Å². The van der Waals surface area contributed by atoms with Crippen LogP contribution in [0.4, 0.5) is 0 Å². The van der Waals surface area contributed by atoms with Crippen molar-refractivity contribution in [2.45, 2.75) is 20.0 Å².